The molecule has 0 aromatic heterocycles. The highest BCUT2D eigenvalue weighted by molar-refractivity contribution is 7.99. The van der Waals surface area contributed by atoms with E-state index in [-0.39, 0.29) is 0 Å². The van der Waals surface area contributed by atoms with Crippen LogP contribution in [0.2, 0.25) is 0 Å². The average Bonchev–Trinajstić information content (AvgIpc) is 2.62. The zero-order valence-electron chi connectivity index (χ0n) is 14.2. The summed E-state index contributed by atoms with van der Waals surface area (Å²) in [6.07, 6.45) is 3.70. The maximum atomic E-state index is 7.96. The molecule has 1 saturated heterocycles. The van der Waals surface area contributed by atoms with Crippen LogP contribution in [0.15, 0.2) is 58.3 Å². The first-order valence-electron chi connectivity index (χ1n) is 8.88. The Balaban J connectivity index is 1.64. The molecule has 2 aliphatic heterocycles. The third-order valence-corrected chi connectivity index (χ3v) is 6.55. The number of hydrogen-bond donors (Lipinski definition) is 1. The third-order valence-electron chi connectivity index (χ3n) is 5.37. The lowest BCUT2D eigenvalue weighted by molar-refractivity contribution is 0.239. The van der Waals surface area contributed by atoms with Crippen LogP contribution in [-0.2, 0) is 0 Å². The van der Waals surface area contributed by atoms with Crippen molar-refractivity contribution in [2.24, 2.45) is 5.92 Å². The summed E-state index contributed by atoms with van der Waals surface area (Å²) in [5.41, 5.74) is 2.98. The molecule has 2 aliphatic rings. The van der Waals surface area contributed by atoms with Crippen molar-refractivity contribution in [3.8, 4) is 0 Å². The van der Waals surface area contributed by atoms with Gasteiger partial charge in [-0.05, 0) is 55.4 Å². The van der Waals surface area contributed by atoms with Gasteiger partial charge in [0.15, 0.2) is 0 Å². The number of fused-ring (bicyclic) bond motifs is 2. The van der Waals surface area contributed by atoms with Gasteiger partial charge in [0.2, 0.25) is 0 Å². The van der Waals surface area contributed by atoms with Crippen LogP contribution < -0.4 is 0 Å². The van der Waals surface area contributed by atoms with Crippen LogP contribution in [0.3, 0.4) is 0 Å². The quantitative estimate of drug-likeness (QED) is 0.588. The number of piperidine rings is 1. The molecule has 2 aromatic carbocycles. The van der Waals surface area contributed by atoms with E-state index in [0.29, 0.717) is 11.8 Å². The summed E-state index contributed by atoms with van der Waals surface area (Å²) in [6, 6.07) is 17.8. The zero-order chi connectivity index (χ0) is 16.5. The first-order valence-corrected chi connectivity index (χ1v) is 9.70. The van der Waals surface area contributed by atoms with Crippen molar-refractivity contribution < 1.29 is 0 Å². The van der Waals surface area contributed by atoms with Crippen molar-refractivity contribution in [3.05, 3.63) is 59.7 Å². The van der Waals surface area contributed by atoms with Gasteiger partial charge in [0.05, 0.1) is 5.84 Å². The molecule has 124 valence electrons. The van der Waals surface area contributed by atoms with Crippen LogP contribution in [0.1, 0.15) is 43.2 Å². The first kappa shape index (κ1) is 15.8. The van der Waals surface area contributed by atoms with Gasteiger partial charge in [-0.2, -0.15) is 0 Å². The lowest BCUT2D eigenvalue weighted by Crippen LogP contribution is -2.38. The molecule has 0 saturated carbocycles. The molecule has 1 fully saturated rings. The highest BCUT2D eigenvalue weighted by atomic mass is 32.2. The standard InChI is InChI=1S/C21H24N2S/c1-15(22)23-12-6-7-16(14-23)13-19-17-8-2-4-10-20(17)24-21-11-5-3-9-18(19)21/h2-5,8-11,16,19,22H,6-7,12-14H2,1H3. The Morgan fingerprint density at radius 1 is 1.08 bits per heavy atom. The van der Waals surface area contributed by atoms with E-state index in [4.69, 9.17) is 5.41 Å². The minimum atomic E-state index is 0.495. The maximum Gasteiger partial charge on any atom is 0.0925 e. The summed E-state index contributed by atoms with van der Waals surface area (Å²) >= 11 is 1.91. The second-order valence-electron chi connectivity index (χ2n) is 7.01. The number of nitrogens with zero attached hydrogens (tertiary/aromatic N) is 1. The summed E-state index contributed by atoms with van der Waals surface area (Å²) in [5.74, 6) is 1.89. The molecule has 0 amide bonds. The van der Waals surface area contributed by atoms with Gasteiger partial charge in [-0.3, -0.25) is 5.41 Å². The molecule has 0 spiro atoms. The van der Waals surface area contributed by atoms with Crippen LogP contribution >= 0.6 is 11.8 Å². The number of benzene rings is 2. The van der Waals surface area contributed by atoms with Crippen LogP contribution in [-0.4, -0.2) is 23.8 Å². The van der Waals surface area contributed by atoms with Gasteiger partial charge in [-0.25, -0.2) is 0 Å². The fourth-order valence-electron chi connectivity index (χ4n) is 4.16. The molecule has 2 aromatic rings. The van der Waals surface area contributed by atoms with Crippen LogP contribution in [0.25, 0.3) is 0 Å². The molecule has 3 heteroatoms. The highest BCUT2D eigenvalue weighted by Gasteiger charge is 2.30. The van der Waals surface area contributed by atoms with Gasteiger partial charge in [0.25, 0.3) is 0 Å². The summed E-state index contributed by atoms with van der Waals surface area (Å²) in [4.78, 5) is 5.08. The monoisotopic (exact) mass is 336 g/mol. The van der Waals surface area contributed by atoms with Crippen molar-refractivity contribution >= 4 is 17.6 Å². The van der Waals surface area contributed by atoms with Gasteiger partial charge < -0.3 is 4.90 Å². The molecule has 4 rings (SSSR count). The minimum Gasteiger partial charge on any atom is -0.361 e. The normalized spacial score (nSPS) is 20.4. The van der Waals surface area contributed by atoms with Gasteiger partial charge in [0.1, 0.15) is 0 Å². The lowest BCUT2D eigenvalue weighted by Gasteiger charge is -2.37. The average molecular weight is 337 g/mol. The second-order valence-corrected chi connectivity index (χ2v) is 8.09. The number of hydrogen-bond acceptors (Lipinski definition) is 2. The predicted octanol–water partition coefficient (Wildman–Crippen LogP) is 5.38. The Labute approximate surface area is 148 Å². The van der Waals surface area contributed by atoms with E-state index in [0.717, 1.165) is 18.9 Å². The van der Waals surface area contributed by atoms with E-state index in [1.165, 1.54) is 40.2 Å². The largest absolute Gasteiger partial charge is 0.361 e. The van der Waals surface area contributed by atoms with Gasteiger partial charge in [0, 0.05) is 28.8 Å². The molecule has 0 bridgehead atoms. The van der Waals surface area contributed by atoms with E-state index in [2.05, 4.69) is 53.4 Å². The number of likely N-dealkylation sites (tertiary alicyclic amines) is 1. The van der Waals surface area contributed by atoms with E-state index < -0.39 is 0 Å². The SMILES string of the molecule is CC(=N)N1CCCC(CC2c3ccccc3Sc3ccccc32)C1. The third kappa shape index (κ3) is 2.98. The Hall–Kier alpha value is -1.74. The van der Waals surface area contributed by atoms with Gasteiger partial charge in [-0.15, -0.1) is 0 Å². The van der Waals surface area contributed by atoms with E-state index in [1.54, 1.807) is 0 Å². The molecule has 1 atom stereocenters. The molecule has 1 N–H and O–H groups in total. The Morgan fingerprint density at radius 3 is 2.33 bits per heavy atom. The molecule has 2 heterocycles. The van der Waals surface area contributed by atoms with E-state index in [9.17, 15) is 0 Å². The fourth-order valence-corrected chi connectivity index (χ4v) is 5.34. The summed E-state index contributed by atoms with van der Waals surface area (Å²) in [7, 11) is 0. The van der Waals surface area contributed by atoms with Crippen molar-refractivity contribution in [1.29, 1.82) is 5.41 Å². The topological polar surface area (TPSA) is 27.1 Å². The zero-order valence-corrected chi connectivity index (χ0v) is 15.0. The molecule has 1 unspecified atom stereocenters. The second kappa shape index (κ2) is 6.64. The summed E-state index contributed by atoms with van der Waals surface area (Å²) < 4.78 is 0. The molecular formula is C21H24N2S. The van der Waals surface area contributed by atoms with E-state index in [1.807, 2.05) is 18.7 Å². The smallest absolute Gasteiger partial charge is 0.0925 e. The van der Waals surface area contributed by atoms with Crippen molar-refractivity contribution in [1.82, 2.24) is 4.90 Å². The minimum absolute atomic E-state index is 0.495. The number of amidine groups is 1. The van der Waals surface area contributed by atoms with Gasteiger partial charge >= 0.3 is 0 Å². The lowest BCUT2D eigenvalue weighted by atomic mass is 9.80. The molecule has 0 aliphatic carbocycles. The van der Waals surface area contributed by atoms with Crippen molar-refractivity contribution in [3.63, 3.8) is 0 Å². The first-order chi connectivity index (χ1) is 11.7. The molecular weight excluding hydrogens is 312 g/mol. The molecule has 0 radical (unpaired) electrons. The summed E-state index contributed by atoms with van der Waals surface area (Å²) in [6.45, 7) is 4.02. The van der Waals surface area contributed by atoms with Crippen LogP contribution in [0, 0.1) is 11.3 Å². The molecule has 2 nitrogen and oxygen atoms in total. The van der Waals surface area contributed by atoms with Gasteiger partial charge in [-0.1, -0.05) is 48.2 Å². The Bertz CT molecular complexity index is 710. The fraction of sp³-hybridized carbons (Fsp3) is 0.381. The predicted molar refractivity (Wildman–Crippen MR) is 101 cm³/mol. The van der Waals surface area contributed by atoms with Crippen LogP contribution in [0.5, 0.6) is 0 Å². The Morgan fingerprint density at radius 2 is 1.71 bits per heavy atom. The van der Waals surface area contributed by atoms with Crippen LogP contribution in [0.4, 0.5) is 0 Å². The number of rotatable bonds is 2. The van der Waals surface area contributed by atoms with E-state index >= 15 is 0 Å². The number of nitrogens with one attached hydrogen (secondary N) is 1. The summed E-state index contributed by atoms with van der Waals surface area (Å²) in [5, 5.41) is 7.96. The Kier molecular flexibility index (Phi) is 4.36. The molecule has 24 heavy (non-hydrogen) atoms. The van der Waals surface area contributed by atoms with Crippen molar-refractivity contribution in [2.45, 2.75) is 41.9 Å². The maximum absolute atomic E-state index is 7.96. The highest BCUT2D eigenvalue weighted by Crippen LogP contribution is 2.48. The van der Waals surface area contributed by atoms with Crippen molar-refractivity contribution in [2.75, 3.05) is 13.1 Å².